The SMILES string of the molecule is COCC(Cl)CN(C)C(=O)c1cccs1. The Hall–Kier alpha value is -0.580. The maximum atomic E-state index is 11.8. The smallest absolute Gasteiger partial charge is 0.263 e. The number of carbonyl (C=O) groups excluding carboxylic acids is 1. The highest BCUT2D eigenvalue weighted by Crippen LogP contribution is 2.12. The van der Waals surface area contributed by atoms with Gasteiger partial charge in [-0.25, -0.2) is 0 Å². The minimum absolute atomic E-state index is 0.00625. The van der Waals surface area contributed by atoms with Crippen LogP contribution in [0.2, 0.25) is 0 Å². The second-order valence-corrected chi connectivity index (χ2v) is 4.78. The lowest BCUT2D eigenvalue weighted by Crippen LogP contribution is -2.33. The molecule has 0 saturated heterocycles. The monoisotopic (exact) mass is 247 g/mol. The Bertz CT molecular complexity index is 302. The molecule has 1 heterocycles. The zero-order valence-corrected chi connectivity index (χ0v) is 10.3. The van der Waals surface area contributed by atoms with Gasteiger partial charge in [-0.15, -0.1) is 22.9 Å². The number of nitrogens with zero attached hydrogens (tertiary/aromatic N) is 1. The van der Waals surface area contributed by atoms with E-state index in [1.165, 1.54) is 11.3 Å². The summed E-state index contributed by atoms with van der Waals surface area (Å²) < 4.78 is 4.91. The molecule has 0 spiro atoms. The second kappa shape index (κ2) is 6.10. The van der Waals surface area contributed by atoms with Crippen LogP contribution in [0.5, 0.6) is 0 Å². The molecule has 84 valence electrons. The normalized spacial score (nSPS) is 12.5. The van der Waals surface area contributed by atoms with E-state index in [1.54, 1.807) is 19.1 Å². The molecule has 0 saturated carbocycles. The lowest BCUT2D eigenvalue weighted by Gasteiger charge is -2.19. The van der Waals surface area contributed by atoms with Crippen molar-refractivity contribution in [2.45, 2.75) is 5.38 Å². The van der Waals surface area contributed by atoms with Crippen LogP contribution >= 0.6 is 22.9 Å². The summed E-state index contributed by atoms with van der Waals surface area (Å²) in [5.41, 5.74) is 0. The maximum absolute atomic E-state index is 11.8. The molecule has 1 atom stereocenters. The van der Waals surface area contributed by atoms with E-state index in [9.17, 15) is 4.79 Å². The Morgan fingerprint density at radius 2 is 2.47 bits per heavy atom. The van der Waals surface area contributed by atoms with Gasteiger partial charge in [0.15, 0.2) is 0 Å². The Kier molecular flexibility index (Phi) is 5.08. The van der Waals surface area contributed by atoms with Crippen LogP contribution in [0.1, 0.15) is 9.67 Å². The lowest BCUT2D eigenvalue weighted by molar-refractivity contribution is 0.0786. The average molecular weight is 248 g/mol. The first-order valence-corrected chi connectivity index (χ1v) is 5.88. The van der Waals surface area contributed by atoms with Gasteiger partial charge in [0, 0.05) is 20.7 Å². The van der Waals surface area contributed by atoms with Crippen molar-refractivity contribution in [3.63, 3.8) is 0 Å². The third-order valence-corrected chi connectivity index (χ3v) is 3.02. The zero-order valence-electron chi connectivity index (χ0n) is 8.77. The molecule has 1 aromatic rings. The molecule has 0 N–H and O–H groups in total. The Labute approximate surface area is 98.6 Å². The van der Waals surface area contributed by atoms with Crippen LogP contribution in [0.4, 0.5) is 0 Å². The number of thiophene rings is 1. The highest BCUT2D eigenvalue weighted by Gasteiger charge is 2.15. The van der Waals surface area contributed by atoms with Crippen molar-refractivity contribution in [2.24, 2.45) is 0 Å². The Morgan fingerprint density at radius 3 is 3.00 bits per heavy atom. The standard InChI is InChI=1S/C10H14ClNO2S/c1-12(6-8(11)7-14-2)10(13)9-4-3-5-15-9/h3-5,8H,6-7H2,1-2H3. The minimum Gasteiger partial charge on any atom is -0.383 e. The molecule has 1 unspecified atom stereocenters. The van der Waals surface area contributed by atoms with Crippen LogP contribution in [0.3, 0.4) is 0 Å². The third-order valence-electron chi connectivity index (χ3n) is 1.90. The predicted molar refractivity (Wildman–Crippen MR) is 62.8 cm³/mol. The number of halogens is 1. The van der Waals surface area contributed by atoms with Gasteiger partial charge in [-0.05, 0) is 11.4 Å². The molecule has 0 aliphatic heterocycles. The van der Waals surface area contributed by atoms with Crippen LogP contribution in [-0.4, -0.2) is 43.5 Å². The number of methoxy groups -OCH3 is 1. The summed E-state index contributed by atoms with van der Waals surface area (Å²) in [5, 5.41) is 1.72. The summed E-state index contributed by atoms with van der Waals surface area (Å²) in [5.74, 6) is 0.00625. The van der Waals surface area contributed by atoms with Gasteiger partial charge < -0.3 is 9.64 Å². The van der Waals surface area contributed by atoms with Crippen molar-refractivity contribution >= 4 is 28.8 Å². The van der Waals surface area contributed by atoms with Crippen LogP contribution in [0.15, 0.2) is 17.5 Å². The van der Waals surface area contributed by atoms with Crippen LogP contribution in [0, 0.1) is 0 Å². The van der Waals surface area contributed by atoms with Crippen LogP contribution < -0.4 is 0 Å². The van der Waals surface area contributed by atoms with Gasteiger partial charge >= 0.3 is 0 Å². The number of carbonyl (C=O) groups is 1. The first-order chi connectivity index (χ1) is 7.15. The van der Waals surface area contributed by atoms with E-state index in [2.05, 4.69) is 0 Å². The van der Waals surface area contributed by atoms with E-state index in [-0.39, 0.29) is 11.3 Å². The largest absolute Gasteiger partial charge is 0.383 e. The second-order valence-electron chi connectivity index (χ2n) is 3.22. The number of alkyl halides is 1. The summed E-state index contributed by atoms with van der Waals surface area (Å²) in [6.07, 6.45) is 0. The van der Waals surface area contributed by atoms with Crippen molar-refractivity contribution in [3.05, 3.63) is 22.4 Å². The number of hydrogen-bond acceptors (Lipinski definition) is 3. The molecular formula is C10H14ClNO2S. The average Bonchev–Trinajstić information content (AvgIpc) is 2.69. The van der Waals surface area contributed by atoms with E-state index in [0.717, 1.165) is 4.88 Å². The lowest BCUT2D eigenvalue weighted by atomic mass is 10.3. The fourth-order valence-electron chi connectivity index (χ4n) is 1.20. The van der Waals surface area contributed by atoms with Gasteiger partial charge in [-0.3, -0.25) is 4.79 Å². The van der Waals surface area contributed by atoms with Gasteiger partial charge in [-0.1, -0.05) is 6.07 Å². The Morgan fingerprint density at radius 1 is 1.73 bits per heavy atom. The molecule has 0 aromatic carbocycles. The molecule has 0 aliphatic carbocycles. The van der Waals surface area contributed by atoms with E-state index in [1.807, 2.05) is 17.5 Å². The van der Waals surface area contributed by atoms with E-state index >= 15 is 0 Å². The van der Waals surface area contributed by atoms with Gasteiger partial charge in [0.05, 0.1) is 16.9 Å². The molecule has 0 aliphatic rings. The number of ether oxygens (including phenoxy) is 1. The molecule has 1 rings (SSSR count). The highest BCUT2D eigenvalue weighted by molar-refractivity contribution is 7.12. The third kappa shape index (κ3) is 3.81. The topological polar surface area (TPSA) is 29.5 Å². The summed E-state index contributed by atoms with van der Waals surface area (Å²) in [4.78, 5) is 14.1. The van der Waals surface area contributed by atoms with E-state index in [0.29, 0.717) is 13.2 Å². The Balaban J connectivity index is 2.47. The van der Waals surface area contributed by atoms with E-state index in [4.69, 9.17) is 16.3 Å². The molecule has 0 bridgehead atoms. The van der Waals surface area contributed by atoms with Gasteiger partial charge in [0.1, 0.15) is 0 Å². The molecular weight excluding hydrogens is 234 g/mol. The maximum Gasteiger partial charge on any atom is 0.263 e. The molecule has 0 fully saturated rings. The summed E-state index contributed by atoms with van der Waals surface area (Å²) in [6.45, 7) is 0.940. The molecule has 3 nitrogen and oxygen atoms in total. The van der Waals surface area contributed by atoms with Gasteiger partial charge in [0.25, 0.3) is 5.91 Å². The van der Waals surface area contributed by atoms with Crippen molar-refractivity contribution in [2.75, 3.05) is 27.3 Å². The fourth-order valence-corrected chi connectivity index (χ4v) is 2.25. The van der Waals surface area contributed by atoms with Crippen molar-refractivity contribution in [1.82, 2.24) is 4.90 Å². The van der Waals surface area contributed by atoms with Crippen LogP contribution in [-0.2, 0) is 4.74 Å². The fraction of sp³-hybridized carbons (Fsp3) is 0.500. The molecule has 1 aromatic heterocycles. The molecule has 5 heteroatoms. The first kappa shape index (κ1) is 12.5. The highest BCUT2D eigenvalue weighted by atomic mass is 35.5. The molecule has 1 amide bonds. The zero-order chi connectivity index (χ0) is 11.3. The van der Waals surface area contributed by atoms with E-state index < -0.39 is 0 Å². The summed E-state index contributed by atoms with van der Waals surface area (Å²) in [7, 11) is 3.34. The van der Waals surface area contributed by atoms with Gasteiger partial charge in [-0.2, -0.15) is 0 Å². The molecule has 15 heavy (non-hydrogen) atoms. The number of hydrogen-bond donors (Lipinski definition) is 0. The van der Waals surface area contributed by atoms with Crippen LogP contribution in [0.25, 0.3) is 0 Å². The summed E-state index contributed by atoms with van der Waals surface area (Å²) >= 11 is 7.40. The molecule has 0 radical (unpaired) electrons. The number of amides is 1. The van der Waals surface area contributed by atoms with Crippen molar-refractivity contribution < 1.29 is 9.53 Å². The first-order valence-electron chi connectivity index (χ1n) is 4.57. The summed E-state index contributed by atoms with van der Waals surface area (Å²) in [6, 6.07) is 3.67. The van der Waals surface area contributed by atoms with Crippen molar-refractivity contribution in [3.8, 4) is 0 Å². The quantitative estimate of drug-likeness (QED) is 0.746. The van der Waals surface area contributed by atoms with Gasteiger partial charge in [0.2, 0.25) is 0 Å². The van der Waals surface area contributed by atoms with Crippen molar-refractivity contribution in [1.29, 1.82) is 0 Å². The predicted octanol–water partition coefficient (Wildman–Crippen LogP) is 2.07. The number of rotatable bonds is 5. The minimum atomic E-state index is -0.163.